The number of nitrogens with zero attached hydrogens (tertiary/aromatic N) is 2. The molecule has 4 rings (SSSR count). The number of piperidine rings is 1. The highest BCUT2D eigenvalue weighted by atomic mass is 19.4. The first kappa shape index (κ1) is 19.7. The standard InChI is InChI=1S/C22H23F3N2O2/c1-2-6-18-14-11-15(19-9-5-10-20(28)27(18)19)13-26(12-14)21(29)16-7-3-4-8-17(16)22(23,24)25/h3-5,7-10,14-15,18H,2,6,11-13H2,1H3/t14-,15+,18-/m0/s1. The number of hydrogen-bond acceptors (Lipinski definition) is 2. The second-order valence-electron chi connectivity index (χ2n) is 7.96. The van der Waals surface area contributed by atoms with Gasteiger partial charge in [-0.1, -0.05) is 31.5 Å². The van der Waals surface area contributed by atoms with Crippen molar-refractivity contribution in [2.45, 2.75) is 44.3 Å². The fraction of sp³-hybridized carbons (Fsp3) is 0.455. The van der Waals surface area contributed by atoms with Gasteiger partial charge in [0.1, 0.15) is 0 Å². The van der Waals surface area contributed by atoms with Crippen molar-refractivity contribution in [2.75, 3.05) is 13.1 Å². The number of carbonyl (C=O) groups excluding carboxylic acids is 1. The largest absolute Gasteiger partial charge is 0.417 e. The van der Waals surface area contributed by atoms with Gasteiger partial charge in [-0.15, -0.1) is 0 Å². The van der Waals surface area contributed by atoms with Crippen LogP contribution in [0.4, 0.5) is 13.2 Å². The van der Waals surface area contributed by atoms with Crippen molar-refractivity contribution in [3.63, 3.8) is 0 Å². The minimum atomic E-state index is -4.58. The quantitative estimate of drug-likeness (QED) is 0.758. The predicted octanol–water partition coefficient (Wildman–Crippen LogP) is 4.47. The third kappa shape index (κ3) is 3.47. The highest BCUT2D eigenvalue weighted by Gasteiger charge is 2.43. The molecule has 2 aromatic rings. The summed E-state index contributed by atoms with van der Waals surface area (Å²) >= 11 is 0. The Bertz CT molecular complexity index is 983. The van der Waals surface area contributed by atoms with Gasteiger partial charge in [0.15, 0.2) is 0 Å². The highest BCUT2D eigenvalue weighted by molar-refractivity contribution is 5.96. The van der Waals surface area contributed by atoms with E-state index in [1.807, 2.05) is 17.6 Å². The van der Waals surface area contributed by atoms with Crippen molar-refractivity contribution in [1.29, 1.82) is 0 Å². The maximum absolute atomic E-state index is 13.4. The molecular formula is C22H23F3N2O2. The molecule has 0 spiro atoms. The number of hydrogen-bond donors (Lipinski definition) is 0. The number of fused-ring (bicyclic) bond motifs is 4. The highest BCUT2D eigenvalue weighted by Crippen LogP contribution is 2.43. The number of halogens is 3. The lowest BCUT2D eigenvalue weighted by molar-refractivity contribution is -0.138. The third-order valence-electron chi connectivity index (χ3n) is 6.13. The molecule has 0 N–H and O–H groups in total. The second-order valence-corrected chi connectivity index (χ2v) is 7.96. The summed E-state index contributed by atoms with van der Waals surface area (Å²) in [7, 11) is 0. The number of pyridine rings is 1. The molecule has 1 aromatic carbocycles. The minimum absolute atomic E-state index is 0.0339. The molecule has 0 radical (unpaired) electrons. The Morgan fingerprint density at radius 2 is 1.86 bits per heavy atom. The molecule has 4 nitrogen and oxygen atoms in total. The summed E-state index contributed by atoms with van der Waals surface area (Å²) in [5.41, 5.74) is -0.369. The molecule has 1 aromatic heterocycles. The van der Waals surface area contributed by atoms with Gasteiger partial charge in [-0.3, -0.25) is 9.59 Å². The lowest BCUT2D eigenvalue weighted by atomic mass is 9.77. The van der Waals surface area contributed by atoms with E-state index in [0.29, 0.717) is 13.1 Å². The van der Waals surface area contributed by atoms with Gasteiger partial charge in [0, 0.05) is 36.8 Å². The molecule has 7 heteroatoms. The van der Waals surface area contributed by atoms with Crippen LogP contribution in [0.5, 0.6) is 0 Å². The number of amides is 1. The summed E-state index contributed by atoms with van der Waals surface area (Å²) in [6, 6.07) is 10.1. The van der Waals surface area contributed by atoms with Crippen LogP contribution in [0.25, 0.3) is 0 Å². The van der Waals surface area contributed by atoms with Gasteiger partial charge in [0.2, 0.25) is 0 Å². The van der Waals surface area contributed by atoms with Crippen molar-refractivity contribution >= 4 is 5.91 Å². The summed E-state index contributed by atoms with van der Waals surface area (Å²) in [6.45, 7) is 2.74. The SMILES string of the molecule is CCC[C@H]1[C@H]2C[C@H](CN(C(=O)c3ccccc3C(F)(F)F)C2)c2cccc(=O)n21. The number of alkyl halides is 3. The fourth-order valence-corrected chi connectivity index (χ4v) is 4.96. The lowest BCUT2D eigenvalue weighted by Gasteiger charge is -2.47. The van der Waals surface area contributed by atoms with E-state index in [0.717, 1.165) is 31.0 Å². The number of likely N-dealkylation sites (tertiary alicyclic amines) is 1. The van der Waals surface area contributed by atoms with Crippen LogP contribution in [0.1, 0.15) is 59.8 Å². The first-order chi connectivity index (χ1) is 13.8. The maximum atomic E-state index is 13.4. The molecule has 1 saturated heterocycles. The van der Waals surface area contributed by atoms with Crippen LogP contribution in [-0.4, -0.2) is 28.5 Å². The van der Waals surface area contributed by atoms with E-state index in [9.17, 15) is 22.8 Å². The van der Waals surface area contributed by atoms with Gasteiger partial charge in [0.25, 0.3) is 11.5 Å². The molecule has 0 unspecified atom stereocenters. The Morgan fingerprint density at radius 3 is 2.59 bits per heavy atom. The molecule has 1 fully saturated rings. The van der Waals surface area contributed by atoms with Crippen LogP contribution in [-0.2, 0) is 6.18 Å². The van der Waals surface area contributed by atoms with E-state index in [-0.39, 0.29) is 29.0 Å². The van der Waals surface area contributed by atoms with E-state index < -0.39 is 17.6 Å². The lowest BCUT2D eigenvalue weighted by Crippen LogP contribution is -2.51. The summed E-state index contributed by atoms with van der Waals surface area (Å²) in [5.74, 6) is -0.573. The molecular weight excluding hydrogens is 381 g/mol. The Morgan fingerprint density at radius 1 is 1.10 bits per heavy atom. The summed E-state index contributed by atoms with van der Waals surface area (Å²) in [5, 5.41) is 0. The van der Waals surface area contributed by atoms with Crippen molar-refractivity contribution < 1.29 is 18.0 Å². The van der Waals surface area contributed by atoms with Gasteiger partial charge < -0.3 is 9.47 Å². The molecule has 2 aliphatic rings. The molecule has 0 aliphatic carbocycles. The van der Waals surface area contributed by atoms with Crippen LogP contribution < -0.4 is 5.56 Å². The summed E-state index contributed by atoms with van der Waals surface area (Å²) in [4.78, 5) is 27.2. The number of benzene rings is 1. The molecule has 154 valence electrons. The van der Waals surface area contributed by atoms with Crippen LogP contribution in [0, 0.1) is 5.92 Å². The third-order valence-corrected chi connectivity index (χ3v) is 6.13. The number of aromatic nitrogens is 1. The Hall–Kier alpha value is -2.57. The topological polar surface area (TPSA) is 42.3 Å². The van der Waals surface area contributed by atoms with Gasteiger partial charge >= 0.3 is 6.18 Å². The molecule has 3 heterocycles. The first-order valence-corrected chi connectivity index (χ1v) is 9.98. The van der Waals surface area contributed by atoms with Crippen LogP contribution >= 0.6 is 0 Å². The minimum Gasteiger partial charge on any atom is -0.338 e. The fourth-order valence-electron chi connectivity index (χ4n) is 4.96. The van der Waals surface area contributed by atoms with Crippen molar-refractivity contribution in [1.82, 2.24) is 9.47 Å². The molecule has 0 saturated carbocycles. The Labute approximate surface area is 167 Å². The van der Waals surface area contributed by atoms with Gasteiger partial charge in [-0.25, -0.2) is 0 Å². The maximum Gasteiger partial charge on any atom is 0.417 e. The molecule has 29 heavy (non-hydrogen) atoms. The van der Waals surface area contributed by atoms with Crippen LogP contribution in [0.15, 0.2) is 47.3 Å². The first-order valence-electron chi connectivity index (χ1n) is 9.98. The molecule has 2 aliphatic heterocycles. The smallest absolute Gasteiger partial charge is 0.338 e. The molecule has 3 atom stereocenters. The normalized spacial score (nSPS) is 23.6. The van der Waals surface area contributed by atoms with Crippen LogP contribution in [0.3, 0.4) is 0 Å². The average molecular weight is 404 g/mol. The van der Waals surface area contributed by atoms with Gasteiger partial charge in [0.05, 0.1) is 11.1 Å². The second kappa shape index (κ2) is 7.35. The Kier molecular flexibility index (Phi) is 5.00. The zero-order valence-corrected chi connectivity index (χ0v) is 16.2. The van der Waals surface area contributed by atoms with Crippen molar-refractivity contribution in [3.05, 3.63) is 69.6 Å². The Balaban J connectivity index is 1.71. The molecule has 1 amide bonds. The van der Waals surface area contributed by atoms with E-state index in [1.54, 1.807) is 17.0 Å². The van der Waals surface area contributed by atoms with E-state index in [1.165, 1.54) is 18.2 Å². The number of rotatable bonds is 3. The predicted molar refractivity (Wildman–Crippen MR) is 103 cm³/mol. The van der Waals surface area contributed by atoms with E-state index in [4.69, 9.17) is 0 Å². The van der Waals surface area contributed by atoms with E-state index >= 15 is 0 Å². The zero-order chi connectivity index (χ0) is 20.8. The van der Waals surface area contributed by atoms with E-state index in [2.05, 4.69) is 0 Å². The average Bonchev–Trinajstić information content (AvgIpc) is 2.70. The summed E-state index contributed by atoms with van der Waals surface area (Å²) < 4.78 is 42.1. The van der Waals surface area contributed by atoms with Crippen LogP contribution in [0.2, 0.25) is 0 Å². The van der Waals surface area contributed by atoms with Crippen molar-refractivity contribution in [3.8, 4) is 0 Å². The van der Waals surface area contributed by atoms with Gasteiger partial charge in [-0.05, 0) is 37.0 Å². The molecule has 2 bridgehead atoms. The van der Waals surface area contributed by atoms with Crippen molar-refractivity contribution in [2.24, 2.45) is 5.92 Å². The number of carbonyl (C=O) groups is 1. The monoisotopic (exact) mass is 404 g/mol. The zero-order valence-electron chi connectivity index (χ0n) is 16.2. The van der Waals surface area contributed by atoms with Gasteiger partial charge in [-0.2, -0.15) is 13.2 Å². The summed E-state index contributed by atoms with van der Waals surface area (Å²) in [6.07, 6.45) is -2.05.